The summed E-state index contributed by atoms with van der Waals surface area (Å²) in [5.41, 5.74) is 0.930. The van der Waals surface area contributed by atoms with Gasteiger partial charge in [0.25, 0.3) is 0 Å². The maximum atomic E-state index is 12.3. The molecule has 0 aliphatic carbocycles. The van der Waals surface area contributed by atoms with E-state index in [4.69, 9.17) is 9.47 Å². The fraction of sp³-hybridized carbons (Fsp3) is 0.417. The number of hydrogen-bond donors (Lipinski definition) is 1. The highest BCUT2D eigenvalue weighted by molar-refractivity contribution is 5.91. The largest absolute Gasteiger partial charge is 0.493 e. The summed E-state index contributed by atoms with van der Waals surface area (Å²) >= 11 is 0. The highest BCUT2D eigenvalue weighted by atomic mass is 16.5. The van der Waals surface area contributed by atoms with Gasteiger partial charge in [-0.15, -0.1) is 0 Å². The zero-order valence-electron chi connectivity index (χ0n) is 17.5. The predicted octanol–water partition coefficient (Wildman–Crippen LogP) is 4.06. The van der Waals surface area contributed by atoms with Crippen LogP contribution in [-0.2, 0) is 16.6 Å². The van der Waals surface area contributed by atoms with Gasteiger partial charge in [0.15, 0.2) is 17.3 Å². The second-order valence-corrected chi connectivity index (χ2v) is 7.09. The van der Waals surface area contributed by atoms with Crippen LogP contribution >= 0.6 is 0 Å². The van der Waals surface area contributed by atoms with Crippen molar-refractivity contribution in [1.82, 2.24) is 5.32 Å². The van der Waals surface area contributed by atoms with E-state index < -0.39 is 5.41 Å². The molecule has 0 saturated heterocycles. The van der Waals surface area contributed by atoms with Crippen LogP contribution in [-0.4, -0.2) is 33.1 Å². The summed E-state index contributed by atoms with van der Waals surface area (Å²) in [5, 5.41) is 13.2. The molecular weight excluding hydrogens is 364 g/mol. The van der Waals surface area contributed by atoms with Gasteiger partial charge in [-0.2, -0.15) is 5.26 Å². The Bertz CT molecular complexity index is 830. The van der Waals surface area contributed by atoms with Crippen molar-refractivity contribution in [3.63, 3.8) is 0 Å². The first-order valence-electron chi connectivity index (χ1n) is 9.97. The van der Waals surface area contributed by atoms with Gasteiger partial charge in [-0.05, 0) is 69.0 Å². The van der Waals surface area contributed by atoms with Gasteiger partial charge >= 0.3 is 0 Å². The third-order valence-electron chi connectivity index (χ3n) is 5.23. The highest BCUT2D eigenvalue weighted by Gasteiger charge is 2.36. The summed E-state index contributed by atoms with van der Waals surface area (Å²) in [6, 6.07) is 17.6. The summed E-state index contributed by atoms with van der Waals surface area (Å²) in [5.74, 6) is 1.38. The second-order valence-electron chi connectivity index (χ2n) is 7.09. The standard InChI is InChI=1S/C24H30N2O3/c1-19(27)24(18-25,21-10-5-4-6-11-21)14-8-16-26-15-7-9-20-12-13-22(28-2)23(17-20)29-3/h4-6,10-13,17,26H,7-9,14-16H2,1-3H3/t24-/m1/s1. The lowest BCUT2D eigenvalue weighted by Gasteiger charge is -2.24. The lowest BCUT2D eigenvalue weighted by atomic mass is 9.75. The fourth-order valence-corrected chi connectivity index (χ4v) is 3.50. The molecule has 2 aromatic carbocycles. The number of aryl methyl sites for hydroxylation is 1. The van der Waals surface area contributed by atoms with Crippen molar-refractivity contribution in [2.24, 2.45) is 0 Å². The van der Waals surface area contributed by atoms with Crippen molar-refractivity contribution < 1.29 is 14.3 Å². The van der Waals surface area contributed by atoms with Gasteiger partial charge in [-0.1, -0.05) is 36.4 Å². The number of benzene rings is 2. The molecule has 0 aliphatic rings. The van der Waals surface area contributed by atoms with Crippen LogP contribution in [0, 0.1) is 11.3 Å². The minimum Gasteiger partial charge on any atom is -0.493 e. The van der Waals surface area contributed by atoms with Gasteiger partial charge < -0.3 is 14.8 Å². The van der Waals surface area contributed by atoms with Crippen molar-refractivity contribution in [3.8, 4) is 17.6 Å². The van der Waals surface area contributed by atoms with Gasteiger partial charge in [-0.25, -0.2) is 0 Å². The minimum absolute atomic E-state index is 0.0975. The van der Waals surface area contributed by atoms with Crippen LogP contribution < -0.4 is 14.8 Å². The van der Waals surface area contributed by atoms with E-state index in [0.717, 1.165) is 49.4 Å². The number of rotatable bonds is 12. The van der Waals surface area contributed by atoms with Gasteiger partial charge in [0, 0.05) is 0 Å². The molecule has 2 aromatic rings. The maximum absolute atomic E-state index is 12.3. The van der Waals surface area contributed by atoms with Crippen molar-refractivity contribution in [2.75, 3.05) is 27.3 Å². The molecule has 1 atom stereocenters. The Hall–Kier alpha value is -2.84. The molecule has 29 heavy (non-hydrogen) atoms. The van der Waals surface area contributed by atoms with E-state index in [1.165, 1.54) is 12.5 Å². The van der Waals surface area contributed by atoms with Crippen LogP contribution in [0.25, 0.3) is 0 Å². The number of ketones is 1. The summed E-state index contributed by atoms with van der Waals surface area (Å²) in [7, 11) is 3.27. The summed E-state index contributed by atoms with van der Waals surface area (Å²) in [6.07, 6.45) is 3.21. The molecule has 0 unspecified atom stereocenters. The number of Topliss-reactive ketones (excluding diaryl/α,β-unsaturated/α-hetero) is 1. The Morgan fingerprint density at radius 2 is 1.72 bits per heavy atom. The topological polar surface area (TPSA) is 71.3 Å². The number of nitrogens with zero attached hydrogens (tertiary/aromatic N) is 1. The van der Waals surface area contributed by atoms with Crippen LogP contribution in [0.4, 0.5) is 0 Å². The first-order valence-corrected chi connectivity index (χ1v) is 9.97. The molecule has 0 aromatic heterocycles. The predicted molar refractivity (Wildman–Crippen MR) is 114 cm³/mol. The summed E-state index contributed by atoms with van der Waals surface area (Å²) in [4.78, 5) is 12.3. The normalized spacial score (nSPS) is 12.6. The highest BCUT2D eigenvalue weighted by Crippen LogP contribution is 2.30. The zero-order chi connectivity index (χ0) is 21.1. The maximum Gasteiger partial charge on any atom is 0.160 e. The molecule has 0 amide bonds. The zero-order valence-corrected chi connectivity index (χ0v) is 17.5. The minimum atomic E-state index is -1.05. The molecular formula is C24H30N2O3. The number of nitriles is 1. The Balaban J connectivity index is 1.77. The van der Waals surface area contributed by atoms with E-state index in [1.54, 1.807) is 14.2 Å². The summed E-state index contributed by atoms with van der Waals surface area (Å²) < 4.78 is 10.6. The number of methoxy groups -OCH3 is 2. The Kier molecular flexibility index (Phi) is 8.69. The number of carbonyl (C=O) groups excluding carboxylic acids is 1. The SMILES string of the molecule is COc1ccc(CCCNCCC[C@@](C#N)(C(C)=O)c2ccccc2)cc1OC. The van der Waals surface area contributed by atoms with E-state index in [-0.39, 0.29) is 5.78 Å². The van der Waals surface area contributed by atoms with Crippen molar-refractivity contribution in [1.29, 1.82) is 5.26 Å². The molecule has 0 heterocycles. The number of hydrogen-bond acceptors (Lipinski definition) is 5. The first-order chi connectivity index (χ1) is 14.1. The molecule has 154 valence electrons. The van der Waals surface area contributed by atoms with Gasteiger partial charge in [0.1, 0.15) is 5.41 Å². The monoisotopic (exact) mass is 394 g/mol. The van der Waals surface area contributed by atoms with E-state index >= 15 is 0 Å². The van der Waals surface area contributed by atoms with Gasteiger partial charge in [0.2, 0.25) is 0 Å². The molecule has 0 bridgehead atoms. The lowest BCUT2D eigenvalue weighted by Crippen LogP contribution is -2.33. The van der Waals surface area contributed by atoms with E-state index in [0.29, 0.717) is 6.42 Å². The van der Waals surface area contributed by atoms with Crippen LogP contribution in [0.5, 0.6) is 11.5 Å². The van der Waals surface area contributed by atoms with E-state index in [9.17, 15) is 10.1 Å². The molecule has 0 aliphatic heterocycles. The quantitative estimate of drug-likeness (QED) is 0.550. The first kappa shape index (κ1) is 22.4. The van der Waals surface area contributed by atoms with Gasteiger partial charge in [-0.3, -0.25) is 4.79 Å². The van der Waals surface area contributed by atoms with Crippen molar-refractivity contribution >= 4 is 5.78 Å². The van der Waals surface area contributed by atoms with Crippen LogP contribution in [0.15, 0.2) is 48.5 Å². The third-order valence-corrected chi connectivity index (χ3v) is 5.23. The number of carbonyl (C=O) groups is 1. The summed E-state index contributed by atoms with van der Waals surface area (Å²) in [6.45, 7) is 3.15. The molecule has 0 spiro atoms. The smallest absolute Gasteiger partial charge is 0.160 e. The number of nitrogens with one attached hydrogen (secondary N) is 1. The molecule has 0 saturated carbocycles. The molecule has 5 nitrogen and oxygen atoms in total. The van der Waals surface area contributed by atoms with E-state index in [2.05, 4.69) is 17.5 Å². The molecule has 0 radical (unpaired) electrons. The lowest BCUT2D eigenvalue weighted by molar-refractivity contribution is -0.120. The van der Waals surface area contributed by atoms with Crippen molar-refractivity contribution in [2.45, 2.75) is 38.0 Å². The third kappa shape index (κ3) is 5.82. The van der Waals surface area contributed by atoms with Crippen LogP contribution in [0.3, 0.4) is 0 Å². The average molecular weight is 395 g/mol. The molecule has 0 fully saturated rings. The molecule has 2 rings (SSSR count). The molecule has 1 N–H and O–H groups in total. The van der Waals surface area contributed by atoms with Crippen molar-refractivity contribution in [3.05, 3.63) is 59.7 Å². The van der Waals surface area contributed by atoms with E-state index in [1.807, 2.05) is 42.5 Å². The average Bonchev–Trinajstić information content (AvgIpc) is 2.76. The van der Waals surface area contributed by atoms with Crippen LogP contribution in [0.1, 0.15) is 37.3 Å². The Morgan fingerprint density at radius 1 is 1.03 bits per heavy atom. The fourth-order valence-electron chi connectivity index (χ4n) is 3.50. The Morgan fingerprint density at radius 3 is 2.34 bits per heavy atom. The molecule has 5 heteroatoms. The van der Waals surface area contributed by atoms with Gasteiger partial charge in [0.05, 0.1) is 20.3 Å². The number of ether oxygens (including phenoxy) is 2. The Labute approximate surface area is 173 Å². The van der Waals surface area contributed by atoms with Crippen LogP contribution in [0.2, 0.25) is 0 Å². The second kappa shape index (κ2) is 11.2.